The quantitative estimate of drug-likeness (QED) is 0.127. The Kier molecular flexibility index (Phi) is 7.92. The number of aromatic nitrogens is 3. The molecule has 0 bridgehead atoms. The predicted molar refractivity (Wildman–Crippen MR) is 234 cm³/mol. The summed E-state index contributed by atoms with van der Waals surface area (Å²) in [4.78, 5) is 10.5. The molecule has 55 heavy (non-hydrogen) atoms. The number of hydrogen-bond acceptors (Lipinski definition) is 2. The van der Waals surface area contributed by atoms with Crippen molar-refractivity contribution in [1.29, 1.82) is 0 Å². The molecule has 3 heteroatoms. The predicted octanol–water partition coefficient (Wildman–Crippen LogP) is 14.1. The van der Waals surface area contributed by atoms with Crippen LogP contribution in [0.5, 0.6) is 0 Å². The minimum atomic E-state index is 0.711. The Hall–Kier alpha value is -7.10. The SMILES string of the molecule is C/C=C\C=C(/C)n1c2ccccc2c2ccc(-c3ccc4nc(-c5ccc(-c6c7ccccc7cc7ccccc67)cc5)nc(-c5ccccc5)c4c3)cc21. The topological polar surface area (TPSA) is 30.7 Å². The first-order valence-corrected chi connectivity index (χ1v) is 18.9. The van der Waals surface area contributed by atoms with Crippen LogP contribution in [-0.2, 0) is 0 Å². The van der Waals surface area contributed by atoms with E-state index in [0.29, 0.717) is 5.82 Å². The van der Waals surface area contributed by atoms with Gasteiger partial charge in [0.1, 0.15) is 0 Å². The van der Waals surface area contributed by atoms with Crippen LogP contribution in [-0.4, -0.2) is 14.5 Å². The summed E-state index contributed by atoms with van der Waals surface area (Å²) in [7, 11) is 0. The number of fused-ring (bicyclic) bond motifs is 6. The molecule has 8 aromatic carbocycles. The molecule has 260 valence electrons. The maximum absolute atomic E-state index is 5.29. The van der Waals surface area contributed by atoms with Gasteiger partial charge in [-0.1, -0.05) is 152 Å². The van der Waals surface area contributed by atoms with E-state index in [1.54, 1.807) is 0 Å². The molecule has 0 saturated heterocycles. The van der Waals surface area contributed by atoms with Crippen molar-refractivity contribution in [3.63, 3.8) is 0 Å². The van der Waals surface area contributed by atoms with E-state index in [4.69, 9.17) is 9.97 Å². The molecule has 0 spiro atoms. The molecular weight excluding hydrogens is 667 g/mol. The zero-order valence-corrected chi connectivity index (χ0v) is 30.7. The zero-order chi connectivity index (χ0) is 36.9. The molecular formula is C52H37N3. The second-order valence-electron chi connectivity index (χ2n) is 14.2. The third-order valence-corrected chi connectivity index (χ3v) is 10.8. The molecule has 0 aliphatic rings. The van der Waals surface area contributed by atoms with Gasteiger partial charge in [-0.3, -0.25) is 0 Å². The van der Waals surface area contributed by atoms with Gasteiger partial charge in [0.2, 0.25) is 0 Å². The first-order chi connectivity index (χ1) is 27.1. The van der Waals surface area contributed by atoms with Crippen molar-refractivity contribution in [2.75, 3.05) is 0 Å². The highest BCUT2D eigenvalue weighted by Crippen LogP contribution is 2.39. The minimum absolute atomic E-state index is 0.711. The fourth-order valence-electron chi connectivity index (χ4n) is 8.20. The molecule has 0 unspecified atom stereocenters. The van der Waals surface area contributed by atoms with Crippen LogP contribution in [0.25, 0.3) is 105 Å². The first kappa shape index (κ1) is 32.5. The van der Waals surface area contributed by atoms with Gasteiger partial charge in [-0.15, -0.1) is 0 Å². The average Bonchev–Trinajstić information content (AvgIpc) is 3.58. The minimum Gasteiger partial charge on any atom is -0.313 e. The van der Waals surface area contributed by atoms with Crippen LogP contribution >= 0.6 is 0 Å². The molecule has 2 aromatic heterocycles. The van der Waals surface area contributed by atoms with Crippen molar-refractivity contribution in [1.82, 2.24) is 14.5 Å². The van der Waals surface area contributed by atoms with Crippen molar-refractivity contribution >= 4 is 60.0 Å². The molecule has 10 rings (SSSR count). The standard InChI is InChI=1S/C52H37N3/c1-3-4-14-34(2)55-48-22-13-12-21-44(48)45-29-27-39(33-49(45)55)38-28-30-47-46(32-38)51(36-15-6-5-7-16-36)54-52(53-47)37-25-23-35(24-26-37)50-42-19-10-8-17-40(42)31-41-18-9-11-20-43(41)50/h3-33H,1-2H3/b4-3-,34-14+. The lowest BCUT2D eigenvalue weighted by molar-refractivity contribution is 1.20. The number of nitrogens with zero attached hydrogens (tertiary/aromatic N) is 3. The Labute approximate surface area is 320 Å². The van der Waals surface area contributed by atoms with Crippen molar-refractivity contribution in [3.05, 3.63) is 188 Å². The van der Waals surface area contributed by atoms with Crippen LogP contribution in [0.15, 0.2) is 188 Å². The van der Waals surface area contributed by atoms with Gasteiger partial charge in [0.25, 0.3) is 0 Å². The average molecular weight is 704 g/mol. The summed E-state index contributed by atoms with van der Waals surface area (Å²) in [5, 5.41) is 8.49. The Balaban J connectivity index is 1.10. The van der Waals surface area contributed by atoms with Crippen LogP contribution in [0.1, 0.15) is 13.8 Å². The van der Waals surface area contributed by atoms with E-state index in [-0.39, 0.29) is 0 Å². The molecule has 3 nitrogen and oxygen atoms in total. The van der Waals surface area contributed by atoms with Crippen molar-refractivity contribution in [2.24, 2.45) is 0 Å². The van der Waals surface area contributed by atoms with E-state index in [9.17, 15) is 0 Å². The summed E-state index contributed by atoms with van der Waals surface area (Å²) >= 11 is 0. The van der Waals surface area contributed by atoms with E-state index < -0.39 is 0 Å². The van der Waals surface area contributed by atoms with Gasteiger partial charge >= 0.3 is 0 Å². The number of para-hydroxylation sites is 1. The molecule has 0 N–H and O–H groups in total. The van der Waals surface area contributed by atoms with Gasteiger partial charge < -0.3 is 4.57 Å². The maximum Gasteiger partial charge on any atom is 0.160 e. The zero-order valence-electron chi connectivity index (χ0n) is 30.7. The van der Waals surface area contributed by atoms with E-state index in [1.165, 1.54) is 60.2 Å². The van der Waals surface area contributed by atoms with Crippen LogP contribution in [0.4, 0.5) is 0 Å². The summed E-state index contributed by atoms with van der Waals surface area (Å²) in [6.07, 6.45) is 6.34. The van der Waals surface area contributed by atoms with Gasteiger partial charge in [-0.2, -0.15) is 0 Å². The van der Waals surface area contributed by atoms with Gasteiger partial charge in [0.05, 0.1) is 22.2 Å². The third-order valence-electron chi connectivity index (χ3n) is 10.8. The third kappa shape index (κ3) is 5.60. The highest BCUT2D eigenvalue weighted by molar-refractivity contribution is 6.13. The lowest BCUT2D eigenvalue weighted by Gasteiger charge is -2.14. The second-order valence-corrected chi connectivity index (χ2v) is 14.2. The largest absolute Gasteiger partial charge is 0.313 e. The van der Waals surface area contributed by atoms with Crippen LogP contribution in [0.2, 0.25) is 0 Å². The summed E-state index contributed by atoms with van der Waals surface area (Å²) in [5.74, 6) is 0.711. The normalized spacial score (nSPS) is 12.2. The van der Waals surface area contributed by atoms with Gasteiger partial charge in [0.15, 0.2) is 5.82 Å². The lowest BCUT2D eigenvalue weighted by atomic mass is 9.91. The molecule has 2 heterocycles. The highest BCUT2D eigenvalue weighted by Gasteiger charge is 2.17. The molecule has 0 radical (unpaired) electrons. The van der Waals surface area contributed by atoms with Crippen LogP contribution < -0.4 is 0 Å². The van der Waals surface area contributed by atoms with E-state index in [2.05, 4.69) is 200 Å². The van der Waals surface area contributed by atoms with Crippen LogP contribution in [0.3, 0.4) is 0 Å². The Morgan fingerprint density at radius 1 is 0.473 bits per heavy atom. The number of rotatable bonds is 6. The van der Waals surface area contributed by atoms with E-state index in [0.717, 1.165) is 38.9 Å². The number of hydrogen-bond donors (Lipinski definition) is 0. The summed E-state index contributed by atoms with van der Waals surface area (Å²) in [6.45, 7) is 4.23. The Morgan fingerprint density at radius 3 is 1.82 bits per heavy atom. The van der Waals surface area contributed by atoms with Crippen LogP contribution in [0, 0.1) is 0 Å². The first-order valence-electron chi connectivity index (χ1n) is 18.9. The van der Waals surface area contributed by atoms with Gasteiger partial charge in [-0.25, -0.2) is 9.97 Å². The van der Waals surface area contributed by atoms with E-state index >= 15 is 0 Å². The highest BCUT2D eigenvalue weighted by atomic mass is 15.0. The Morgan fingerprint density at radius 2 is 1.07 bits per heavy atom. The summed E-state index contributed by atoms with van der Waals surface area (Å²) < 4.78 is 2.37. The molecule has 10 aromatic rings. The maximum atomic E-state index is 5.29. The molecule has 0 aliphatic heterocycles. The van der Waals surface area contributed by atoms with Crippen molar-refractivity contribution < 1.29 is 0 Å². The fourth-order valence-corrected chi connectivity index (χ4v) is 8.20. The van der Waals surface area contributed by atoms with E-state index in [1.807, 2.05) is 6.92 Å². The molecule has 0 atom stereocenters. The van der Waals surface area contributed by atoms with Crippen molar-refractivity contribution in [3.8, 4) is 44.9 Å². The van der Waals surface area contributed by atoms with Gasteiger partial charge in [0, 0.05) is 33.0 Å². The number of benzene rings is 8. The molecule has 0 amide bonds. The number of allylic oxidation sites excluding steroid dienone is 4. The fraction of sp³-hybridized carbons (Fsp3) is 0.0385. The lowest BCUT2D eigenvalue weighted by Crippen LogP contribution is -1.96. The molecule has 0 fully saturated rings. The smallest absolute Gasteiger partial charge is 0.160 e. The monoisotopic (exact) mass is 703 g/mol. The molecule has 0 aliphatic carbocycles. The summed E-state index contributed by atoms with van der Waals surface area (Å²) in [6, 6.07) is 60.9. The van der Waals surface area contributed by atoms with Crippen molar-refractivity contribution in [2.45, 2.75) is 13.8 Å². The Bertz CT molecular complexity index is 3090. The summed E-state index contributed by atoms with van der Waals surface area (Å²) in [5.41, 5.74) is 12.1. The molecule has 0 saturated carbocycles. The second kappa shape index (κ2) is 13.4. The van der Waals surface area contributed by atoms with Gasteiger partial charge in [-0.05, 0) is 94.1 Å².